The molecule has 1 saturated heterocycles. The molecule has 0 saturated carbocycles. The lowest BCUT2D eigenvalue weighted by Crippen LogP contribution is -2.41. The highest BCUT2D eigenvalue weighted by atomic mass is 16.5. The summed E-state index contributed by atoms with van der Waals surface area (Å²) in [5.41, 5.74) is 1.96. The van der Waals surface area contributed by atoms with E-state index in [0.29, 0.717) is 13.2 Å². The first-order valence-corrected chi connectivity index (χ1v) is 7.62. The Balaban J connectivity index is 1.71. The van der Waals surface area contributed by atoms with Crippen molar-refractivity contribution in [2.24, 2.45) is 0 Å². The van der Waals surface area contributed by atoms with Crippen molar-refractivity contribution in [1.29, 1.82) is 0 Å². The third-order valence-corrected chi connectivity index (χ3v) is 4.30. The second-order valence-corrected chi connectivity index (χ2v) is 5.74. The number of imidazole rings is 1. The van der Waals surface area contributed by atoms with Gasteiger partial charge in [-0.3, -0.25) is 4.57 Å². The summed E-state index contributed by atoms with van der Waals surface area (Å²) in [5.74, 6) is 1.60. The predicted octanol–water partition coefficient (Wildman–Crippen LogP) is 1.62. The third kappa shape index (κ3) is 2.46. The molecule has 0 aliphatic carbocycles. The van der Waals surface area contributed by atoms with Gasteiger partial charge in [0.05, 0.1) is 36.4 Å². The fourth-order valence-electron chi connectivity index (χ4n) is 2.96. The van der Waals surface area contributed by atoms with Gasteiger partial charge >= 0.3 is 0 Å². The number of pyridine rings is 1. The van der Waals surface area contributed by atoms with Crippen LogP contribution in [0.2, 0.25) is 0 Å². The van der Waals surface area contributed by atoms with Gasteiger partial charge in [-0.25, -0.2) is 9.97 Å². The maximum absolute atomic E-state index is 10.0. The summed E-state index contributed by atoms with van der Waals surface area (Å²) < 4.78 is 7.30. The van der Waals surface area contributed by atoms with Crippen molar-refractivity contribution in [3.05, 3.63) is 48.8 Å². The van der Waals surface area contributed by atoms with Gasteiger partial charge in [0.2, 0.25) is 0 Å². The molecule has 1 aliphatic heterocycles. The third-order valence-electron chi connectivity index (χ3n) is 4.30. The fourth-order valence-corrected chi connectivity index (χ4v) is 2.96. The molecule has 4 rings (SSSR count). The Bertz CT molecular complexity index is 832. The standard InChI is InChI=1S/C17H18N4O2/c1-20(14-9-23-10-15(14)22)16-7-4-8-17(19-16)21-11-18-12-5-2-3-6-13(12)21/h2-8,11,14-15,22H,9-10H2,1H3/t14-,15-/m1/s1. The molecular formula is C17H18N4O2. The van der Waals surface area contributed by atoms with E-state index in [1.807, 2.05) is 59.0 Å². The second kappa shape index (κ2) is 5.64. The van der Waals surface area contributed by atoms with Gasteiger partial charge in [0.25, 0.3) is 0 Å². The molecule has 6 heteroatoms. The molecule has 3 heterocycles. The first kappa shape index (κ1) is 14.2. The van der Waals surface area contributed by atoms with Gasteiger partial charge in [-0.1, -0.05) is 18.2 Å². The van der Waals surface area contributed by atoms with Gasteiger partial charge in [0.1, 0.15) is 18.0 Å². The van der Waals surface area contributed by atoms with Crippen molar-refractivity contribution >= 4 is 16.9 Å². The molecule has 0 bridgehead atoms. The van der Waals surface area contributed by atoms with Crippen molar-refractivity contribution < 1.29 is 9.84 Å². The maximum atomic E-state index is 10.0. The van der Waals surface area contributed by atoms with Crippen LogP contribution < -0.4 is 4.90 Å². The zero-order valence-corrected chi connectivity index (χ0v) is 12.8. The number of aromatic nitrogens is 3. The van der Waals surface area contributed by atoms with Crippen LogP contribution in [0.1, 0.15) is 0 Å². The molecular weight excluding hydrogens is 292 g/mol. The van der Waals surface area contributed by atoms with Crippen molar-refractivity contribution in [3.63, 3.8) is 0 Å². The molecule has 2 aromatic heterocycles. The summed E-state index contributed by atoms with van der Waals surface area (Å²) in [6.07, 6.45) is 1.30. The highest BCUT2D eigenvalue weighted by Crippen LogP contribution is 2.22. The SMILES string of the molecule is CN(c1cccc(-n2cnc3ccccc32)n1)[C@@H]1COC[C@H]1O. The van der Waals surface area contributed by atoms with Crippen molar-refractivity contribution in [3.8, 4) is 5.82 Å². The highest BCUT2D eigenvalue weighted by molar-refractivity contribution is 5.76. The van der Waals surface area contributed by atoms with Crippen LogP contribution in [0.5, 0.6) is 0 Å². The number of para-hydroxylation sites is 2. The number of likely N-dealkylation sites (N-methyl/N-ethyl adjacent to an activating group) is 1. The number of aliphatic hydroxyl groups is 1. The predicted molar refractivity (Wildman–Crippen MR) is 87.9 cm³/mol. The number of aliphatic hydroxyl groups excluding tert-OH is 1. The number of nitrogens with zero attached hydrogens (tertiary/aromatic N) is 4. The monoisotopic (exact) mass is 310 g/mol. The lowest BCUT2D eigenvalue weighted by molar-refractivity contribution is 0.124. The molecule has 1 aliphatic rings. The normalized spacial score (nSPS) is 21.0. The Kier molecular flexibility index (Phi) is 3.48. The maximum Gasteiger partial charge on any atom is 0.140 e. The van der Waals surface area contributed by atoms with E-state index in [4.69, 9.17) is 9.72 Å². The van der Waals surface area contributed by atoms with E-state index >= 15 is 0 Å². The summed E-state index contributed by atoms with van der Waals surface area (Å²) in [6.45, 7) is 0.887. The van der Waals surface area contributed by atoms with Crippen molar-refractivity contribution in [2.45, 2.75) is 12.1 Å². The molecule has 0 amide bonds. The van der Waals surface area contributed by atoms with Crippen LogP contribution in [0.3, 0.4) is 0 Å². The van der Waals surface area contributed by atoms with Crippen LogP contribution in [0, 0.1) is 0 Å². The first-order chi connectivity index (χ1) is 11.2. The van der Waals surface area contributed by atoms with Gasteiger partial charge in [-0.05, 0) is 24.3 Å². The number of anilines is 1. The van der Waals surface area contributed by atoms with Crippen LogP contribution in [0.15, 0.2) is 48.8 Å². The average molecular weight is 310 g/mol. The smallest absolute Gasteiger partial charge is 0.140 e. The Morgan fingerprint density at radius 2 is 2.04 bits per heavy atom. The highest BCUT2D eigenvalue weighted by Gasteiger charge is 2.30. The number of benzene rings is 1. The number of ether oxygens (including phenoxy) is 1. The molecule has 2 atom stereocenters. The van der Waals surface area contributed by atoms with E-state index in [1.165, 1.54) is 0 Å². The lowest BCUT2D eigenvalue weighted by atomic mass is 10.2. The molecule has 0 radical (unpaired) electrons. The van der Waals surface area contributed by atoms with Gasteiger partial charge in [-0.2, -0.15) is 0 Å². The summed E-state index contributed by atoms with van der Waals surface area (Å²) in [7, 11) is 1.93. The largest absolute Gasteiger partial charge is 0.388 e. The van der Waals surface area contributed by atoms with Gasteiger partial charge < -0.3 is 14.7 Å². The second-order valence-electron chi connectivity index (χ2n) is 5.74. The minimum Gasteiger partial charge on any atom is -0.388 e. The van der Waals surface area contributed by atoms with Crippen LogP contribution in [-0.4, -0.2) is 52.0 Å². The minimum atomic E-state index is -0.487. The van der Waals surface area contributed by atoms with E-state index in [0.717, 1.165) is 22.7 Å². The van der Waals surface area contributed by atoms with E-state index in [1.54, 1.807) is 6.33 Å². The zero-order valence-electron chi connectivity index (χ0n) is 12.8. The summed E-state index contributed by atoms with van der Waals surface area (Å²) in [6, 6.07) is 13.7. The first-order valence-electron chi connectivity index (χ1n) is 7.62. The Hall–Kier alpha value is -2.44. The van der Waals surface area contributed by atoms with Gasteiger partial charge in [-0.15, -0.1) is 0 Å². The van der Waals surface area contributed by atoms with E-state index in [9.17, 15) is 5.11 Å². The molecule has 3 aromatic rings. The molecule has 1 aromatic carbocycles. The van der Waals surface area contributed by atoms with Crippen LogP contribution in [0.4, 0.5) is 5.82 Å². The van der Waals surface area contributed by atoms with Crippen LogP contribution in [-0.2, 0) is 4.74 Å². The minimum absolute atomic E-state index is 0.0720. The topological polar surface area (TPSA) is 63.4 Å². The van der Waals surface area contributed by atoms with Crippen molar-refractivity contribution in [2.75, 3.05) is 25.2 Å². The molecule has 1 N–H and O–H groups in total. The lowest BCUT2D eigenvalue weighted by Gasteiger charge is -2.27. The van der Waals surface area contributed by atoms with E-state index in [-0.39, 0.29) is 6.04 Å². The molecule has 0 spiro atoms. The summed E-state index contributed by atoms with van der Waals surface area (Å²) in [5, 5.41) is 10.0. The number of rotatable bonds is 3. The van der Waals surface area contributed by atoms with Gasteiger partial charge in [0.15, 0.2) is 0 Å². The number of fused-ring (bicyclic) bond motifs is 1. The quantitative estimate of drug-likeness (QED) is 0.796. The average Bonchev–Trinajstić information content (AvgIpc) is 3.20. The van der Waals surface area contributed by atoms with Crippen LogP contribution in [0.25, 0.3) is 16.9 Å². The molecule has 6 nitrogen and oxygen atoms in total. The van der Waals surface area contributed by atoms with Crippen molar-refractivity contribution in [1.82, 2.24) is 14.5 Å². The van der Waals surface area contributed by atoms with E-state index in [2.05, 4.69) is 4.98 Å². The summed E-state index contributed by atoms with van der Waals surface area (Å²) in [4.78, 5) is 11.1. The van der Waals surface area contributed by atoms with Crippen LogP contribution >= 0.6 is 0 Å². The molecule has 23 heavy (non-hydrogen) atoms. The summed E-state index contributed by atoms with van der Waals surface area (Å²) >= 11 is 0. The zero-order chi connectivity index (χ0) is 15.8. The Morgan fingerprint density at radius 1 is 1.17 bits per heavy atom. The fraction of sp³-hybridized carbons (Fsp3) is 0.294. The molecule has 118 valence electrons. The van der Waals surface area contributed by atoms with Gasteiger partial charge in [0, 0.05) is 7.05 Å². The molecule has 1 fully saturated rings. The number of hydrogen-bond donors (Lipinski definition) is 1. The molecule has 0 unspecified atom stereocenters. The Labute approximate surface area is 134 Å². The van der Waals surface area contributed by atoms with E-state index < -0.39 is 6.10 Å². The Morgan fingerprint density at radius 3 is 2.87 bits per heavy atom. The number of hydrogen-bond acceptors (Lipinski definition) is 5.